The number of nitrogens with zero attached hydrogens (tertiary/aromatic N) is 1. The number of hydrogen-bond donors (Lipinski definition) is 0. The molecule has 4 rings (SSSR count). The van der Waals surface area contributed by atoms with Gasteiger partial charge in [0.1, 0.15) is 16.7 Å². The molecule has 0 atom stereocenters. The first-order valence-electron chi connectivity index (χ1n) is 9.98. The molecular formula is C25H19FINO3S2. The van der Waals surface area contributed by atoms with Crippen LogP contribution in [0, 0.1) is 9.39 Å². The van der Waals surface area contributed by atoms with Gasteiger partial charge < -0.3 is 9.47 Å². The van der Waals surface area contributed by atoms with E-state index in [9.17, 15) is 9.18 Å². The monoisotopic (exact) mass is 591 g/mol. The summed E-state index contributed by atoms with van der Waals surface area (Å²) in [5.41, 5.74) is 2.68. The molecule has 1 heterocycles. The predicted molar refractivity (Wildman–Crippen MR) is 142 cm³/mol. The van der Waals surface area contributed by atoms with Crippen molar-refractivity contribution in [3.8, 4) is 11.5 Å². The molecular weight excluding hydrogens is 572 g/mol. The Morgan fingerprint density at radius 3 is 2.52 bits per heavy atom. The summed E-state index contributed by atoms with van der Waals surface area (Å²) in [5.74, 6) is 0.745. The van der Waals surface area contributed by atoms with Crippen molar-refractivity contribution in [1.29, 1.82) is 0 Å². The van der Waals surface area contributed by atoms with E-state index in [2.05, 4.69) is 22.6 Å². The van der Waals surface area contributed by atoms with E-state index in [1.807, 2.05) is 48.5 Å². The topological polar surface area (TPSA) is 38.8 Å². The van der Waals surface area contributed by atoms with Gasteiger partial charge in [0.15, 0.2) is 11.5 Å². The Balaban J connectivity index is 1.53. The molecule has 0 radical (unpaired) electrons. The van der Waals surface area contributed by atoms with Crippen LogP contribution < -0.4 is 9.47 Å². The van der Waals surface area contributed by atoms with Crippen LogP contribution in [0.25, 0.3) is 6.08 Å². The number of thioether (sulfide) groups is 1. The zero-order chi connectivity index (χ0) is 23.4. The molecule has 168 valence electrons. The van der Waals surface area contributed by atoms with Crippen LogP contribution in [-0.4, -0.2) is 22.2 Å². The van der Waals surface area contributed by atoms with E-state index < -0.39 is 0 Å². The van der Waals surface area contributed by atoms with Crippen LogP contribution in [0.15, 0.2) is 71.6 Å². The number of halogens is 2. The van der Waals surface area contributed by atoms with E-state index in [4.69, 9.17) is 21.7 Å². The average molecular weight is 591 g/mol. The first-order valence-corrected chi connectivity index (χ1v) is 12.3. The van der Waals surface area contributed by atoms with Crippen molar-refractivity contribution in [3.05, 3.63) is 97.7 Å². The Labute approximate surface area is 214 Å². The summed E-state index contributed by atoms with van der Waals surface area (Å²) in [5, 5.41) is 0. The fourth-order valence-electron chi connectivity index (χ4n) is 3.25. The second-order valence-electron chi connectivity index (χ2n) is 7.20. The Kier molecular flexibility index (Phi) is 7.67. The van der Waals surface area contributed by atoms with Gasteiger partial charge in [0, 0.05) is 0 Å². The molecule has 0 bridgehead atoms. The Hall–Kier alpha value is -2.43. The molecule has 8 heteroatoms. The lowest BCUT2D eigenvalue weighted by molar-refractivity contribution is -0.122. The van der Waals surface area contributed by atoms with Crippen molar-refractivity contribution in [2.45, 2.75) is 13.2 Å². The molecule has 1 saturated heterocycles. The maximum absolute atomic E-state index is 13.1. The van der Waals surface area contributed by atoms with E-state index in [-0.39, 0.29) is 18.3 Å². The predicted octanol–water partition coefficient (Wildman–Crippen LogP) is 6.42. The van der Waals surface area contributed by atoms with E-state index in [1.165, 1.54) is 23.9 Å². The first kappa shape index (κ1) is 23.7. The number of hydrogen-bond acceptors (Lipinski definition) is 5. The Morgan fingerprint density at radius 2 is 1.82 bits per heavy atom. The van der Waals surface area contributed by atoms with Gasteiger partial charge >= 0.3 is 0 Å². The van der Waals surface area contributed by atoms with Crippen LogP contribution in [0.2, 0.25) is 0 Å². The van der Waals surface area contributed by atoms with Gasteiger partial charge in [0.25, 0.3) is 5.91 Å². The van der Waals surface area contributed by atoms with Crippen molar-refractivity contribution in [2.24, 2.45) is 0 Å². The highest BCUT2D eigenvalue weighted by atomic mass is 127. The van der Waals surface area contributed by atoms with Gasteiger partial charge in [-0.25, -0.2) is 4.39 Å². The average Bonchev–Trinajstić information content (AvgIpc) is 3.07. The maximum atomic E-state index is 13.1. The van der Waals surface area contributed by atoms with Crippen LogP contribution in [0.4, 0.5) is 4.39 Å². The van der Waals surface area contributed by atoms with Crippen molar-refractivity contribution in [1.82, 2.24) is 4.90 Å². The highest BCUT2D eigenvalue weighted by Gasteiger charge is 2.32. The maximum Gasteiger partial charge on any atom is 0.266 e. The lowest BCUT2D eigenvalue weighted by Crippen LogP contribution is -2.27. The molecule has 0 saturated carbocycles. The molecule has 1 aliphatic rings. The molecule has 1 fully saturated rings. The van der Waals surface area contributed by atoms with Crippen LogP contribution in [0.5, 0.6) is 11.5 Å². The first-order chi connectivity index (χ1) is 15.9. The highest BCUT2D eigenvalue weighted by Crippen LogP contribution is 2.38. The van der Waals surface area contributed by atoms with E-state index >= 15 is 0 Å². The second kappa shape index (κ2) is 10.7. The van der Waals surface area contributed by atoms with Crippen LogP contribution in [-0.2, 0) is 17.9 Å². The number of benzene rings is 3. The van der Waals surface area contributed by atoms with Gasteiger partial charge in [-0.1, -0.05) is 66.4 Å². The summed E-state index contributed by atoms with van der Waals surface area (Å²) < 4.78 is 26.0. The van der Waals surface area contributed by atoms with Gasteiger partial charge in [0.2, 0.25) is 0 Å². The minimum atomic E-state index is -0.288. The lowest BCUT2D eigenvalue weighted by Gasteiger charge is -2.14. The molecule has 3 aromatic carbocycles. The highest BCUT2D eigenvalue weighted by molar-refractivity contribution is 14.1. The van der Waals surface area contributed by atoms with Crippen molar-refractivity contribution in [2.75, 3.05) is 7.11 Å². The van der Waals surface area contributed by atoms with Gasteiger partial charge in [-0.05, 0) is 69.6 Å². The van der Waals surface area contributed by atoms with Crippen molar-refractivity contribution in [3.63, 3.8) is 0 Å². The minimum Gasteiger partial charge on any atom is -0.493 e. The number of methoxy groups -OCH3 is 1. The molecule has 4 nitrogen and oxygen atoms in total. The van der Waals surface area contributed by atoms with Gasteiger partial charge in [0.05, 0.1) is 22.1 Å². The van der Waals surface area contributed by atoms with Crippen molar-refractivity contribution >= 4 is 62.9 Å². The normalized spacial score (nSPS) is 14.8. The second-order valence-corrected chi connectivity index (χ2v) is 10.0. The molecule has 0 aromatic heterocycles. The molecule has 33 heavy (non-hydrogen) atoms. The SMILES string of the molecule is COc1cc(/C=C2\SC(=S)N(Cc3ccccc3)C2=O)cc(I)c1OCc1ccc(F)cc1. The zero-order valence-corrected chi connectivity index (χ0v) is 21.4. The van der Waals surface area contributed by atoms with E-state index in [0.29, 0.717) is 27.3 Å². The van der Waals surface area contributed by atoms with Gasteiger partial charge in [-0.3, -0.25) is 9.69 Å². The summed E-state index contributed by atoms with van der Waals surface area (Å²) in [6.07, 6.45) is 1.82. The van der Waals surface area contributed by atoms with Gasteiger partial charge in [-0.15, -0.1) is 0 Å². The minimum absolute atomic E-state index is 0.112. The third-order valence-electron chi connectivity index (χ3n) is 4.90. The van der Waals surface area contributed by atoms with Crippen molar-refractivity contribution < 1.29 is 18.7 Å². The summed E-state index contributed by atoms with van der Waals surface area (Å²) >= 11 is 8.92. The number of thiocarbonyl (C=S) groups is 1. The molecule has 3 aromatic rings. The molecule has 0 spiro atoms. The number of rotatable bonds is 7. The number of carbonyl (C=O) groups is 1. The smallest absolute Gasteiger partial charge is 0.266 e. The molecule has 0 aliphatic carbocycles. The fourth-order valence-corrected chi connectivity index (χ4v) is 5.29. The number of carbonyl (C=O) groups excluding carboxylic acids is 1. The summed E-state index contributed by atoms with van der Waals surface area (Å²) in [6, 6.07) is 19.7. The van der Waals surface area contributed by atoms with Crippen LogP contribution in [0.3, 0.4) is 0 Å². The van der Waals surface area contributed by atoms with E-state index in [1.54, 1.807) is 24.1 Å². The van der Waals surface area contributed by atoms with E-state index in [0.717, 1.165) is 20.3 Å². The third-order valence-corrected chi connectivity index (χ3v) is 7.08. The third kappa shape index (κ3) is 5.74. The molecule has 1 amide bonds. The summed E-state index contributed by atoms with van der Waals surface area (Å²) in [6.45, 7) is 0.726. The Bertz CT molecular complexity index is 1220. The quantitative estimate of drug-likeness (QED) is 0.180. The number of amides is 1. The van der Waals surface area contributed by atoms with Crippen LogP contribution >= 0.6 is 46.6 Å². The fraction of sp³-hybridized carbons (Fsp3) is 0.120. The largest absolute Gasteiger partial charge is 0.493 e. The van der Waals surface area contributed by atoms with Crippen LogP contribution in [0.1, 0.15) is 16.7 Å². The number of ether oxygens (including phenoxy) is 2. The standard InChI is InChI=1S/C25H19FINO3S2/c1-30-21-12-18(11-20(27)23(21)31-15-17-7-9-19(26)10-8-17)13-22-24(29)28(25(32)33-22)14-16-5-3-2-4-6-16/h2-13H,14-15H2,1H3/b22-13-. The summed E-state index contributed by atoms with van der Waals surface area (Å²) in [7, 11) is 1.57. The van der Waals surface area contributed by atoms with Gasteiger partial charge in [-0.2, -0.15) is 0 Å². The zero-order valence-electron chi connectivity index (χ0n) is 17.6. The lowest BCUT2D eigenvalue weighted by atomic mass is 10.1. The molecule has 1 aliphatic heterocycles. The summed E-state index contributed by atoms with van der Waals surface area (Å²) in [4.78, 5) is 15.2. The molecule has 0 unspecified atom stereocenters. The molecule has 0 N–H and O–H groups in total. The Morgan fingerprint density at radius 1 is 1.09 bits per heavy atom.